The molecule has 60 valence electrons. The third kappa shape index (κ3) is 13.3. The molecule has 1 heteroatoms. The Hall–Kier alpha value is 0.337. The Morgan fingerprint density at radius 2 is 1.55 bits per heavy atom. The molecule has 0 aromatic heterocycles. The van der Waals surface area contributed by atoms with Crippen molar-refractivity contribution >= 4 is 0 Å². The summed E-state index contributed by atoms with van der Waals surface area (Å²) in [5.41, 5.74) is 0. The average molecular weight is 146 g/mol. The van der Waals surface area contributed by atoms with E-state index in [0.29, 0.717) is 0 Å². The molecule has 0 N–H and O–H groups in total. The van der Waals surface area contributed by atoms with E-state index in [1.165, 1.54) is 38.5 Å². The van der Waals surface area contributed by atoms with Crippen LogP contribution in [0.25, 0.3) is 0 Å². The fourth-order valence-electron chi connectivity index (χ4n) is 1.04. The average Bonchev–Trinajstić information content (AvgIpc) is 1.97. The van der Waals surface area contributed by atoms with Gasteiger partial charge in [-0.1, -0.05) is 51.9 Å². The molecule has 0 fully saturated rings. The van der Waals surface area contributed by atoms with Crippen molar-refractivity contribution < 1.29 is 18.9 Å². The molecule has 0 spiro atoms. The van der Waals surface area contributed by atoms with Crippen LogP contribution in [0.4, 0.5) is 0 Å². The molecule has 0 aliphatic heterocycles. The van der Waals surface area contributed by atoms with Crippen LogP contribution in [0, 0.1) is 6.58 Å². The first-order valence-corrected chi connectivity index (χ1v) is 4.45. The van der Waals surface area contributed by atoms with Crippen molar-refractivity contribution in [3.63, 3.8) is 0 Å². The molecular formula is C10H19Li. The van der Waals surface area contributed by atoms with Crippen LogP contribution in [-0.4, -0.2) is 0 Å². The summed E-state index contributed by atoms with van der Waals surface area (Å²) in [6, 6.07) is 0. The predicted octanol–water partition coefficient (Wildman–Crippen LogP) is 0.730. The Bertz CT molecular complexity index is 69.3. The molecule has 0 aliphatic rings. The standard InChI is InChI=1S/C10H19.Li/c1-3-5-7-9-10-8-6-4-2;/h1,3H,4-10H2,2H3;/q-1;+1. The van der Waals surface area contributed by atoms with E-state index in [9.17, 15) is 0 Å². The maximum Gasteiger partial charge on any atom is 1.00 e. The quantitative estimate of drug-likeness (QED) is 0.282. The summed E-state index contributed by atoms with van der Waals surface area (Å²) in [6.07, 6.45) is 11.0. The monoisotopic (exact) mass is 146 g/mol. The number of hydrogen-bond acceptors (Lipinski definition) is 0. The van der Waals surface area contributed by atoms with Crippen LogP contribution < -0.4 is 18.9 Å². The van der Waals surface area contributed by atoms with E-state index in [1.807, 2.05) is 0 Å². The van der Waals surface area contributed by atoms with Gasteiger partial charge < -0.3 is 6.58 Å². The van der Waals surface area contributed by atoms with Crippen LogP contribution in [0.15, 0.2) is 6.08 Å². The number of rotatable bonds is 7. The normalized spacial score (nSPS) is 8.82. The van der Waals surface area contributed by atoms with Crippen molar-refractivity contribution in [3.8, 4) is 0 Å². The first kappa shape index (κ1) is 13.9. The molecule has 11 heavy (non-hydrogen) atoms. The summed E-state index contributed by atoms with van der Waals surface area (Å²) in [7, 11) is 0. The fraction of sp³-hybridized carbons (Fsp3) is 0.800. The van der Waals surface area contributed by atoms with Gasteiger partial charge in [-0.15, -0.1) is 0 Å². The van der Waals surface area contributed by atoms with Crippen molar-refractivity contribution in [1.29, 1.82) is 0 Å². The Morgan fingerprint density at radius 1 is 1.00 bits per heavy atom. The number of allylic oxidation sites excluding steroid dienone is 1. The minimum absolute atomic E-state index is 0. The van der Waals surface area contributed by atoms with Crippen molar-refractivity contribution in [3.05, 3.63) is 12.7 Å². The maximum atomic E-state index is 5.24. The third-order valence-corrected chi connectivity index (χ3v) is 1.72. The minimum atomic E-state index is 0. The van der Waals surface area contributed by atoms with E-state index in [1.54, 1.807) is 6.08 Å². The number of hydrogen-bond donors (Lipinski definition) is 0. The van der Waals surface area contributed by atoms with Crippen molar-refractivity contribution in [2.75, 3.05) is 0 Å². The summed E-state index contributed by atoms with van der Waals surface area (Å²) in [5, 5.41) is 0. The van der Waals surface area contributed by atoms with E-state index in [4.69, 9.17) is 6.58 Å². The van der Waals surface area contributed by atoms with Crippen LogP contribution in [0.2, 0.25) is 0 Å². The summed E-state index contributed by atoms with van der Waals surface area (Å²) in [5.74, 6) is 0. The summed E-state index contributed by atoms with van der Waals surface area (Å²) < 4.78 is 0. The van der Waals surface area contributed by atoms with Gasteiger partial charge in [-0.2, -0.15) is 0 Å². The Kier molecular flexibility index (Phi) is 16.4. The van der Waals surface area contributed by atoms with E-state index in [2.05, 4.69) is 6.92 Å². The minimum Gasteiger partial charge on any atom is -0.518 e. The first-order valence-electron chi connectivity index (χ1n) is 4.45. The second kappa shape index (κ2) is 13.0. The molecule has 0 radical (unpaired) electrons. The summed E-state index contributed by atoms with van der Waals surface area (Å²) >= 11 is 0. The fourth-order valence-corrected chi connectivity index (χ4v) is 1.04. The third-order valence-electron chi connectivity index (χ3n) is 1.72. The molecule has 0 aromatic rings. The van der Waals surface area contributed by atoms with Gasteiger partial charge in [0.25, 0.3) is 0 Å². The van der Waals surface area contributed by atoms with Gasteiger partial charge in [0, 0.05) is 0 Å². The number of unbranched alkanes of at least 4 members (excludes halogenated alkanes) is 6. The second-order valence-electron chi connectivity index (χ2n) is 2.79. The smallest absolute Gasteiger partial charge is 0.518 e. The van der Waals surface area contributed by atoms with E-state index in [-0.39, 0.29) is 18.9 Å². The summed E-state index contributed by atoms with van der Waals surface area (Å²) in [4.78, 5) is 0. The zero-order valence-corrected chi connectivity index (χ0v) is 8.10. The largest absolute Gasteiger partial charge is 1.00 e. The van der Waals surface area contributed by atoms with Crippen LogP contribution in [0.5, 0.6) is 0 Å². The second-order valence-corrected chi connectivity index (χ2v) is 2.79. The van der Waals surface area contributed by atoms with E-state index in [0.717, 1.165) is 6.42 Å². The molecule has 0 aromatic carbocycles. The molecule has 0 atom stereocenters. The van der Waals surface area contributed by atoms with Crippen LogP contribution in [-0.2, 0) is 0 Å². The molecule has 0 nitrogen and oxygen atoms in total. The van der Waals surface area contributed by atoms with Crippen molar-refractivity contribution in [2.45, 2.75) is 51.9 Å². The molecule has 0 aliphatic carbocycles. The Morgan fingerprint density at radius 3 is 2.09 bits per heavy atom. The molecule has 0 amide bonds. The Balaban J connectivity index is 0. The van der Waals surface area contributed by atoms with Gasteiger partial charge in [-0.3, -0.25) is 6.08 Å². The van der Waals surface area contributed by atoms with Gasteiger partial charge in [0.05, 0.1) is 0 Å². The van der Waals surface area contributed by atoms with E-state index >= 15 is 0 Å². The van der Waals surface area contributed by atoms with E-state index < -0.39 is 0 Å². The van der Waals surface area contributed by atoms with Gasteiger partial charge >= 0.3 is 18.9 Å². The SMILES string of the molecule is [CH-]=CCCCCCCCC.[Li+]. The van der Waals surface area contributed by atoms with Gasteiger partial charge in [-0.05, 0) is 0 Å². The Labute approximate surface area is 83.6 Å². The molecule has 0 bridgehead atoms. The van der Waals surface area contributed by atoms with Crippen molar-refractivity contribution in [1.82, 2.24) is 0 Å². The molecule has 0 unspecified atom stereocenters. The molecule has 0 heterocycles. The van der Waals surface area contributed by atoms with Crippen LogP contribution >= 0.6 is 0 Å². The van der Waals surface area contributed by atoms with Gasteiger partial charge in [0.1, 0.15) is 0 Å². The van der Waals surface area contributed by atoms with Crippen LogP contribution in [0.3, 0.4) is 0 Å². The zero-order chi connectivity index (χ0) is 7.66. The topological polar surface area (TPSA) is 0 Å². The summed E-state index contributed by atoms with van der Waals surface area (Å²) in [6.45, 7) is 7.49. The van der Waals surface area contributed by atoms with Gasteiger partial charge in [0.15, 0.2) is 0 Å². The predicted molar refractivity (Wildman–Crippen MR) is 46.9 cm³/mol. The molecule has 0 saturated carbocycles. The maximum absolute atomic E-state index is 5.24. The van der Waals surface area contributed by atoms with Crippen LogP contribution in [0.1, 0.15) is 51.9 Å². The van der Waals surface area contributed by atoms with Gasteiger partial charge in [0.2, 0.25) is 0 Å². The molecular weight excluding hydrogens is 127 g/mol. The molecule has 0 rings (SSSR count). The van der Waals surface area contributed by atoms with Crippen molar-refractivity contribution in [2.24, 2.45) is 0 Å². The first-order chi connectivity index (χ1) is 4.91. The van der Waals surface area contributed by atoms with Gasteiger partial charge in [-0.25, -0.2) is 0 Å². The zero-order valence-electron chi connectivity index (χ0n) is 8.10. The molecule has 0 saturated heterocycles.